The summed E-state index contributed by atoms with van der Waals surface area (Å²) in [7, 11) is 0. The van der Waals surface area contributed by atoms with E-state index in [9.17, 15) is 35.7 Å². The number of allylic oxidation sites excluding steroid dienone is 1. The van der Waals surface area contributed by atoms with Crippen molar-refractivity contribution >= 4 is 0 Å². The van der Waals surface area contributed by atoms with Crippen LogP contribution in [0.5, 0.6) is 0 Å². The van der Waals surface area contributed by atoms with Crippen molar-refractivity contribution in [3.05, 3.63) is 12.2 Å². The Bertz CT molecular complexity index is 1030. The lowest BCUT2D eigenvalue weighted by atomic mass is 9.40. The number of fused-ring (bicyclic) bond motifs is 3. The molecule has 2 saturated heterocycles. The Balaban J connectivity index is 1.14. The standard InChI is InChI=1S/C31H50O11/c1-16-10-30-9-6-19-28(2,20(30)5-4-17(16)11-30)8-7-21(33)29(19,3)14-40-26-24(36)23(35)22(34)18(42-26)12-39-27-25(37)31(38,13-32)15-41-27/h17-27,32-38H,1,4-15H2,2-3H3/t17-,18+,19+,20-,21-,22+,23-,24+,25-,26+,27+,28-,29-,30-,31+/m1/s1. The first kappa shape index (κ1) is 31.3. The summed E-state index contributed by atoms with van der Waals surface area (Å²) in [5, 5.41) is 73.2. The van der Waals surface area contributed by atoms with Crippen molar-refractivity contribution in [2.45, 2.75) is 120 Å². The normalized spacial score (nSPS) is 55.8. The minimum atomic E-state index is -1.87. The average molecular weight is 599 g/mol. The fraction of sp³-hybridized carbons (Fsp3) is 0.935. The highest BCUT2D eigenvalue weighted by atomic mass is 16.7. The van der Waals surface area contributed by atoms with E-state index in [1.807, 2.05) is 0 Å². The Morgan fingerprint density at radius 3 is 2.38 bits per heavy atom. The molecule has 4 aliphatic carbocycles. The van der Waals surface area contributed by atoms with E-state index in [0.717, 1.165) is 25.7 Å². The van der Waals surface area contributed by atoms with E-state index < -0.39 is 66.8 Å². The summed E-state index contributed by atoms with van der Waals surface area (Å²) in [6.45, 7) is 7.60. The quantitative estimate of drug-likeness (QED) is 0.199. The zero-order valence-corrected chi connectivity index (χ0v) is 24.8. The van der Waals surface area contributed by atoms with Crippen LogP contribution in [0, 0.1) is 34.0 Å². The van der Waals surface area contributed by atoms with Crippen LogP contribution in [-0.2, 0) is 18.9 Å². The highest BCUT2D eigenvalue weighted by Crippen LogP contribution is 2.72. The van der Waals surface area contributed by atoms with Crippen LogP contribution in [0.25, 0.3) is 0 Å². The van der Waals surface area contributed by atoms with Gasteiger partial charge >= 0.3 is 0 Å². The lowest BCUT2D eigenvalue weighted by Gasteiger charge is -2.65. The number of ether oxygens (including phenoxy) is 4. The summed E-state index contributed by atoms with van der Waals surface area (Å²) in [6, 6.07) is 0. The maximum atomic E-state index is 11.4. The molecule has 2 aliphatic heterocycles. The summed E-state index contributed by atoms with van der Waals surface area (Å²) in [5.41, 5.74) is -0.695. The highest BCUT2D eigenvalue weighted by molar-refractivity contribution is 5.22. The van der Waals surface area contributed by atoms with Gasteiger partial charge in [-0.2, -0.15) is 0 Å². The van der Waals surface area contributed by atoms with E-state index in [2.05, 4.69) is 20.4 Å². The van der Waals surface area contributed by atoms with E-state index in [1.54, 1.807) is 0 Å². The second-order valence-corrected chi connectivity index (χ2v) is 14.9. The zero-order valence-electron chi connectivity index (χ0n) is 24.8. The summed E-state index contributed by atoms with van der Waals surface area (Å²) < 4.78 is 22.8. The molecule has 42 heavy (non-hydrogen) atoms. The van der Waals surface area contributed by atoms with Crippen LogP contribution in [0.2, 0.25) is 0 Å². The minimum absolute atomic E-state index is 0.0436. The van der Waals surface area contributed by atoms with Gasteiger partial charge in [-0.1, -0.05) is 26.0 Å². The molecule has 240 valence electrons. The van der Waals surface area contributed by atoms with Gasteiger partial charge in [-0.05, 0) is 80.0 Å². The summed E-state index contributed by atoms with van der Waals surface area (Å²) in [4.78, 5) is 0. The van der Waals surface area contributed by atoms with Gasteiger partial charge in [-0.3, -0.25) is 0 Å². The molecule has 0 aromatic rings. The average Bonchev–Trinajstić information content (AvgIpc) is 3.38. The molecule has 11 heteroatoms. The molecule has 4 saturated carbocycles. The van der Waals surface area contributed by atoms with Crippen LogP contribution in [-0.4, -0.2) is 117 Å². The molecule has 7 N–H and O–H groups in total. The molecule has 15 atom stereocenters. The molecule has 0 amide bonds. The van der Waals surface area contributed by atoms with Crippen LogP contribution in [0.3, 0.4) is 0 Å². The van der Waals surface area contributed by atoms with Crippen molar-refractivity contribution < 1.29 is 54.7 Å². The van der Waals surface area contributed by atoms with Crippen LogP contribution in [0.15, 0.2) is 12.2 Å². The third-order valence-electron chi connectivity index (χ3n) is 12.6. The van der Waals surface area contributed by atoms with Crippen LogP contribution in [0.1, 0.15) is 65.2 Å². The number of rotatable bonds is 7. The second-order valence-electron chi connectivity index (χ2n) is 14.9. The SMILES string of the molecule is C=C1C[C@@]23CC[C@@H]4[C@@](C)(CO[C@H]5O[C@@H](CO[C@H]6OC[C@@](O)(CO)[C@@H]6O)[C@H](O)[C@@H](O)[C@@H]5O)[C@H](O)CC[C@@]4(C)[C@H]2CC[C@@H]1C3. The lowest BCUT2D eigenvalue weighted by Crippen LogP contribution is -2.63. The smallest absolute Gasteiger partial charge is 0.186 e. The van der Waals surface area contributed by atoms with E-state index in [1.165, 1.54) is 24.8 Å². The zero-order chi connectivity index (χ0) is 30.2. The third kappa shape index (κ3) is 4.74. The van der Waals surface area contributed by atoms with Crippen molar-refractivity contribution in [2.24, 2.45) is 34.0 Å². The fourth-order valence-corrected chi connectivity index (χ4v) is 10.2. The van der Waals surface area contributed by atoms with Gasteiger partial charge in [-0.25, -0.2) is 0 Å². The number of aliphatic hydroxyl groups excluding tert-OH is 6. The highest BCUT2D eigenvalue weighted by Gasteiger charge is 2.65. The molecule has 1 spiro atoms. The monoisotopic (exact) mass is 598 g/mol. The molecule has 2 heterocycles. The van der Waals surface area contributed by atoms with E-state index in [4.69, 9.17) is 18.9 Å². The van der Waals surface area contributed by atoms with Crippen LogP contribution < -0.4 is 0 Å². The lowest BCUT2D eigenvalue weighted by molar-refractivity contribution is -0.321. The predicted molar refractivity (Wildman–Crippen MR) is 148 cm³/mol. The third-order valence-corrected chi connectivity index (χ3v) is 12.6. The Morgan fingerprint density at radius 1 is 0.905 bits per heavy atom. The molecular formula is C31H50O11. The van der Waals surface area contributed by atoms with Gasteiger partial charge in [0, 0.05) is 5.41 Å². The number of hydrogen-bond acceptors (Lipinski definition) is 11. The van der Waals surface area contributed by atoms with Crippen molar-refractivity contribution in [2.75, 3.05) is 26.4 Å². The predicted octanol–water partition coefficient (Wildman–Crippen LogP) is 0.208. The molecular weight excluding hydrogens is 548 g/mol. The Labute approximate surface area is 247 Å². The van der Waals surface area contributed by atoms with Gasteiger partial charge in [0.05, 0.1) is 32.5 Å². The molecule has 0 unspecified atom stereocenters. The molecule has 11 nitrogen and oxygen atoms in total. The van der Waals surface area contributed by atoms with Gasteiger partial charge in [0.15, 0.2) is 12.6 Å². The van der Waals surface area contributed by atoms with Gasteiger partial charge < -0.3 is 54.7 Å². The van der Waals surface area contributed by atoms with E-state index in [0.29, 0.717) is 23.7 Å². The van der Waals surface area contributed by atoms with Crippen molar-refractivity contribution in [3.8, 4) is 0 Å². The van der Waals surface area contributed by atoms with Gasteiger partial charge in [0.1, 0.15) is 36.1 Å². The molecule has 6 aliphatic rings. The largest absolute Gasteiger partial charge is 0.393 e. The molecule has 6 rings (SSSR count). The van der Waals surface area contributed by atoms with Crippen molar-refractivity contribution in [1.29, 1.82) is 0 Å². The Morgan fingerprint density at radius 2 is 1.67 bits per heavy atom. The first-order chi connectivity index (χ1) is 19.8. The summed E-state index contributed by atoms with van der Waals surface area (Å²) >= 11 is 0. The summed E-state index contributed by atoms with van der Waals surface area (Å²) in [6.07, 6.45) is -2.00. The first-order valence-electron chi connectivity index (χ1n) is 15.7. The van der Waals surface area contributed by atoms with Crippen molar-refractivity contribution in [3.63, 3.8) is 0 Å². The molecule has 6 fully saturated rings. The Kier molecular flexibility index (Phi) is 8.18. The summed E-state index contributed by atoms with van der Waals surface area (Å²) in [5.74, 6) is 1.42. The first-order valence-corrected chi connectivity index (χ1v) is 15.7. The number of aliphatic hydroxyl groups is 7. The maximum Gasteiger partial charge on any atom is 0.186 e. The topological polar surface area (TPSA) is 179 Å². The minimum Gasteiger partial charge on any atom is -0.393 e. The second kappa shape index (κ2) is 11.0. The van der Waals surface area contributed by atoms with Gasteiger partial charge in [-0.15, -0.1) is 0 Å². The van der Waals surface area contributed by atoms with Gasteiger partial charge in [0.25, 0.3) is 0 Å². The molecule has 0 aromatic carbocycles. The van der Waals surface area contributed by atoms with Crippen molar-refractivity contribution in [1.82, 2.24) is 0 Å². The van der Waals surface area contributed by atoms with E-state index >= 15 is 0 Å². The van der Waals surface area contributed by atoms with Gasteiger partial charge in [0.2, 0.25) is 0 Å². The van der Waals surface area contributed by atoms with E-state index in [-0.39, 0.29) is 31.2 Å². The van der Waals surface area contributed by atoms with Crippen LogP contribution >= 0.6 is 0 Å². The molecule has 0 radical (unpaired) electrons. The molecule has 0 aromatic heterocycles. The fourth-order valence-electron chi connectivity index (χ4n) is 10.2. The number of hydrogen-bond donors (Lipinski definition) is 7. The molecule has 2 bridgehead atoms. The van der Waals surface area contributed by atoms with Crippen LogP contribution in [0.4, 0.5) is 0 Å². The maximum absolute atomic E-state index is 11.4. The Hall–Kier alpha value is -0.700.